The van der Waals surface area contributed by atoms with Crippen molar-refractivity contribution in [1.82, 2.24) is 5.32 Å². The number of aliphatic carboxylic acids is 1. The van der Waals surface area contributed by atoms with E-state index in [-0.39, 0.29) is 6.04 Å². The number of hydrogen-bond acceptors (Lipinski definition) is 2. The van der Waals surface area contributed by atoms with Crippen LogP contribution in [0.25, 0.3) is 0 Å². The molecule has 2 N–H and O–H groups in total. The third-order valence-corrected chi connectivity index (χ3v) is 4.19. The predicted octanol–water partition coefficient (Wildman–Crippen LogP) is 3.92. The third-order valence-electron chi connectivity index (χ3n) is 3.94. The van der Waals surface area contributed by atoms with Crippen molar-refractivity contribution in [2.45, 2.75) is 46.1 Å². The second-order valence-electron chi connectivity index (χ2n) is 6.02. The zero-order valence-electron chi connectivity index (χ0n) is 12.6. The lowest BCUT2D eigenvalue weighted by Gasteiger charge is -2.24. The fourth-order valence-electron chi connectivity index (χ4n) is 1.95. The summed E-state index contributed by atoms with van der Waals surface area (Å²) in [6.45, 7) is 8.48. The molecule has 0 saturated heterocycles. The number of rotatable bonds is 7. The van der Waals surface area contributed by atoms with Crippen LogP contribution in [-0.4, -0.2) is 23.7 Å². The molecule has 2 atom stereocenters. The summed E-state index contributed by atoms with van der Waals surface area (Å²) in [4.78, 5) is 11.0. The number of carboxylic acids is 1. The zero-order valence-corrected chi connectivity index (χ0v) is 13.4. The van der Waals surface area contributed by atoms with Gasteiger partial charge in [-0.05, 0) is 57.4 Å². The molecule has 0 aliphatic rings. The van der Waals surface area contributed by atoms with Crippen molar-refractivity contribution in [3.63, 3.8) is 0 Å². The quantitative estimate of drug-likeness (QED) is 0.802. The highest BCUT2D eigenvalue weighted by atomic mass is 35.5. The molecule has 2 unspecified atom stereocenters. The van der Waals surface area contributed by atoms with E-state index in [0.29, 0.717) is 18.9 Å². The lowest BCUT2D eigenvalue weighted by atomic mass is 9.89. The molecular weight excluding hydrogens is 274 g/mol. The van der Waals surface area contributed by atoms with E-state index < -0.39 is 11.4 Å². The first kappa shape index (κ1) is 17.0. The molecule has 0 fully saturated rings. The van der Waals surface area contributed by atoms with Crippen molar-refractivity contribution in [2.24, 2.45) is 5.41 Å². The number of nitrogens with one attached hydrogen (secondary N) is 1. The van der Waals surface area contributed by atoms with Gasteiger partial charge in [-0.1, -0.05) is 30.7 Å². The number of carboxylic acid groups (broad SMARTS) is 1. The lowest BCUT2D eigenvalue weighted by molar-refractivity contribution is -0.147. The van der Waals surface area contributed by atoms with Gasteiger partial charge in [0.1, 0.15) is 0 Å². The molecule has 1 rings (SSSR count). The monoisotopic (exact) mass is 297 g/mol. The first-order valence-corrected chi connectivity index (χ1v) is 7.34. The van der Waals surface area contributed by atoms with Gasteiger partial charge in [0.05, 0.1) is 5.41 Å². The van der Waals surface area contributed by atoms with E-state index in [1.54, 1.807) is 13.8 Å². The minimum Gasteiger partial charge on any atom is -0.481 e. The summed E-state index contributed by atoms with van der Waals surface area (Å²) in [5.74, 6) is -0.405. The maximum Gasteiger partial charge on any atom is 0.309 e. The highest BCUT2D eigenvalue weighted by Crippen LogP contribution is 2.23. The molecule has 0 aliphatic carbocycles. The Bertz CT molecular complexity index is 442. The minimum atomic E-state index is -0.752. The molecule has 0 aromatic heterocycles. The molecule has 0 aliphatic heterocycles. The Kier molecular flexibility index (Phi) is 6.03. The van der Waals surface area contributed by atoms with Crippen molar-refractivity contribution in [2.75, 3.05) is 6.54 Å². The standard InChI is InChI=1S/C16H24ClNO2/c1-11(13-5-7-14(17)8-6-13)12(2)18-10-9-16(3,4)15(19)20/h5-8,11-12,18H,9-10H2,1-4H3,(H,19,20). The van der Waals surface area contributed by atoms with Crippen LogP contribution in [0.1, 0.15) is 45.6 Å². The Hall–Kier alpha value is -1.06. The van der Waals surface area contributed by atoms with Crippen molar-refractivity contribution >= 4 is 17.6 Å². The van der Waals surface area contributed by atoms with Gasteiger partial charge in [-0.25, -0.2) is 0 Å². The van der Waals surface area contributed by atoms with Crippen molar-refractivity contribution in [3.05, 3.63) is 34.9 Å². The molecule has 0 bridgehead atoms. The molecule has 20 heavy (non-hydrogen) atoms. The minimum absolute atomic E-state index is 0.278. The molecule has 0 heterocycles. The summed E-state index contributed by atoms with van der Waals surface area (Å²) in [5, 5.41) is 13.2. The summed E-state index contributed by atoms with van der Waals surface area (Å²) in [6.07, 6.45) is 0.611. The summed E-state index contributed by atoms with van der Waals surface area (Å²) in [5.41, 5.74) is 0.544. The maximum atomic E-state index is 11.0. The predicted molar refractivity (Wildman–Crippen MR) is 83.4 cm³/mol. The smallest absolute Gasteiger partial charge is 0.309 e. The van der Waals surface area contributed by atoms with Crippen LogP contribution in [0, 0.1) is 5.41 Å². The van der Waals surface area contributed by atoms with E-state index in [2.05, 4.69) is 19.2 Å². The Balaban J connectivity index is 2.48. The van der Waals surface area contributed by atoms with Gasteiger partial charge in [0.25, 0.3) is 0 Å². The second-order valence-corrected chi connectivity index (χ2v) is 6.46. The Morgan fingerprint density at radius 3 is 2.35 bits per heavy atom. The molecule has 112 valence electrons. The van der Waals surface area contributed by atoms with Crippen LogP contribution in [0.15, 0.2) is 24.3 Å². The average molecular weight is 298 g/mol. The van der Waals surface area contributed by atoms with Crippen molar-refractivity contribution < 1.29 is 9.90 Å². The Morgan fingerprint density at radius 2 is 1.85 bits per heavy atom. The van der Waals surface area contributed by atoms with Gasteiger partial charge in [-0.15, -0.1) is 0 Å². The molecule has 1 aromatic rings. The third kappa shape index (κ3) is 4.80. The Labute approximate surface area is 126 Å². The number of benzene rings is 1. The van der Waals surface area contributed by atoms with Crippen molar-refractivity contribution in [1.29, 1.82) is 0 Å². The van der Waals surface area contributed by atoms with E-state index in [1.165, 1.54) is 5.56 Å². The number of halogens is 1. The van der Waals surface area contributed by atoms with Gasteiger partial charge in [0.15, 0.2) is 0 Å². The van der Waals surface area contributed by atoms with Gasteiger partial charge in [-0.2, -0.15) is 0 Å². The van der Waals surface area contributed by atoms with Gasteiger partial charge in [-0.3, -0.25) is 4.79 Å². The van der Waals surface area contributed by atoms with Crippen LogP contribution in [0.2, 0.25) is 5.02 Å². The fraction of sp³-hybridized carbons (Fsp3) is 0.562. The van der Waals surface area contributed by atoms with E-state index >= 15 is 0 Å². The largest absolute Gasteiger partial charge is 0.481 e. The van der Waals surface area contributed by atoms with E-state index in [4.69, 9.17) is 16.7 Å². The molecule has 0 saturated carbocycles. The molecule has 0 amide bonds. The van der Waals surface area contributed by atoms with Crippen LogP contribution in [0.4, 0.5) is 0 Å². The van der Waals surface area contributed by atoms with E-state index in [0.717, 1.165) is 5.02 Å². The van der Waals surface area contributed by atoms with E-state index in [9.17, 15) is 4.79 Å². The highest BCUT2D eigenvalue weighted by Gasteiger charge is 2.26. The summed E-state index contributed by atoms with van der Waals surface area (Å²) >= 11 is 5.89. The van der Waals surface area contributed by atoms with Crippen molar-refractivity contribution in [3.8, 4) is 0 Å². The zero-order chi connectivity index (χ0) is 15.3. The summed E-state index contributed by atoms with van der Waals surface area (Å²) < 4.78 is 0. The highest BCUT2D eigenvalue weighted by molar-refractivity contribution is 6.30. The van der Waals surface area contributed by atoms with Gasteiger partial charge in [0.2, 0.25) is 0 Å². The van der Waals surface area contributed by atoms with Crippen LogP contribution < -0.4 is 5.32 Å². The van der Waals surface area contributed by atoms with Crippen LogP contribution >= 0.6 is 11.6 Å². The number of carbonyl (C=O) groups is 1. The molecule has 3 nitrogen and oxygen atoms in total. The lowest BCUT2D eigenvalue weighted by Crippen LogP contribution is -2.35. The summed E-state index contributed by atoms with van der Waals surface area (Å²) in [7, 11) is 0. The second kappa shape index (κ2) is 7.09. The van der Waals surface area contributed by atoms with Crippen LogP contribution in [0.3, 0.4) is 0 Å². The first-order chi connectivity index (χ1) is 9.24. The normalized spacial score (nSPS) is 14.8. The SMILES string of the molecule is CC(NCCC(C)(C)C(=O)O)C(C)c1ccc(Cl)cc1. The average Bonchev–Trinajstić information content (AvgIpc) is 2.38. The molecule has 0 spiro atoms. The van der Waals surface area contributed by atoms with Gasteiger partial charge >= 0.3 is 5.97 Å². The van der Waals surface area contributed by atoms with E-state index in [1.807, 2.05) is 24.3 Å². The Morgan fingerprint density at radius 1 is 1.30 bits per heavy atom. The van der Waals surface area contributed by atoms with Crippen LogP contribution in [-0.2, 0) is 4.79 Å². The van der Waals surface area contributed by atoms with Crippen LogP contribution in [0.5, 0.6) is 0 Å². The topological polar surface area (TPSA) is 49.3 Å². The molecule has 4 heteroatoms. The fourth-order valence-corrected chi connectivity index (χ4v) is 2.08. The first-order valence-electron chi connectivity index (χ1n) is 6.96. The van der Waals surface area contributed by atoms with Gasteiger partial charge < -0.3 is 10.4 Å². The number of hydrogen-bond donors (Lipinski definition) is 2. The molecule has 1 aromatic carbocycles. The maximum absolute atomic E-state index is 11.0. The molecular formula is C16H24ClNO2. The summed E-state index contributed by atoms with van der Waals surface area (Å²) in [6, 6.07) is 8.14. The van der Waals surface area contributed by atoms with Gasteiger partial charge in [0, 0.05) is 11.1 Å². The molecule has 0 radical (unpaired) electrons.